The second-order valence-electron chi connectivity index (χ2n) is 2.53. The lowest BCUT2D eigenvalue weighted by molar-refractivity contribution is 0.183. The van der Waals surface area contributed by atoms with E-state index in [0.29, 0.717) is 5.25 Å². The van der Waals surface area contributed by atoms with Crippen molar-refractivity contribution < 1.29 is 5.11 Å². The Morgan fingerprint density at radius 1 is 1.56 bits per heavy atom. The van der Waals surface area contributed by atoms with Gasteiger partial charge >= 0.3 is 0 Å². The molecule has 56 valence electrons. The molecule has 0 unspecified atom stereocenters. The third-order valence-electron chi connectivity index (χ3n) is 1.24. The van der Waals surface area contributed by atoms with Gasteiger partial charge in [-0.3, -0.25) is 0 Å². The third kappa shape index (κ3) is 6.19. The van der Waals surface area contributed by atoms with Gasteiger partial charge in [-0.2, -0.15) is 12.6 Å². The number of aliphatic hydroxyl groups excluding tert-OH is 1. The van der Waals surface area contributed by atoms with Gasteiger partial charge in [0.25, 0.3) is 0 Å². The molecule has 0 saturated carbocycles. The summed E-state index contributed by atoms with van der Waals surface area (Å²) in [5.74, 6) is 0. The van der Waals surface area contributed by atoms with Gasteiger partial charge in [0.05, 0.1) is 6.10 Å². The Labute approximate surface area is 62.9 Å². The monoisotopic (exact) mass is 148 g/mol. The molecule has 0 aromatic heterocycles. The van der Waals surface area contributed by atoms with E-state index >= 15 is 0 Å². The highest BCUT2D eigenvalue weighted by Gasteiger charge is 2.04. The average Bonchev–Trinajstić information content (AvgIpc) is 1.63. The van der Waals surface area contributed by atoms with Crippen LogP contribution in [0.1, 0.15) is 33.1 Å². The Morgan fingerprint density at radius 3 is 2.44 bits per heavy atom. The van der Waals surface area contributed by atoms with E-state index in [2.05, 4.69) is 19.6 Å². The molecule has 0 bridgehead atoms. The zero-order valence-electron chi connectivity index (χ0n) is 6.17. The summed E-state index contributed by atoms with van der Waals surface area (Å²) >= 11 is 4.29. The van der Waals surface area contributed by atoms with Gasteiger partial charge in [-0.25, -0.2) is 0 Å². The topological polar surface area (TPSA) is 20.2 Å². The van der Waals surface area contributed by atoms with Gasteiger partial charge < -0.3 is 5.11 Å². The van der Waals surface area contributed by atoms with Gasteiger partial charge in [0.1, 0.15) is 0 Å². The molecular weight excluding hydrogens is 132 g/mol. The normalized spacial score (nSPS) is 17.3. The van der Waals surface area contributed by atoms with E-state index in [4.69, 9.17) is 5.11 Å². The van der Waals surface area contributed by atoms with E-state index in [1.165, 1.54) is 0 Å². The van der Waals surface area contributed by atoms with E-state index < -0.39 is 0 Å². The predicted octanol–water partition coefficient (Wildman–Crippen LogP) is 1.86. The van der Waals surface area contributed by atoms with Crippen LogP contribution in [0.15, 0.2) is 0 Å². The summed E-state index contributed by atoms with van der Waals surface area (Å²) in [6, 6.07) is 0. The molecule has 0 amide bonds. The summed E-state index contributed by atoms with van der Waals surface area (Å²) in [6.45, 7) is 3.93. The van der Waals surface area contributed by atoms with Crippen molar-refractivity contribution >= 4 is 12.6 Å². The lowest BCUT2D eigenvalue weighted by Gasteiger charge is -2.09. The molecule has 0 heterocycles. The van der Waals surface area contributed by atoms with Crippen molar-refractivity contribution in [2.45, 2.75) is 44.5 Å². The molecule has 1 N–H and O–H groups in total. The standard InChI is InChI=1S/C7H16OS/c1-3-4-7(9)5-6(2)8/h6-9H,3-5H2,1-2H3/t6-,7-/m0/s1. The number of hydrogen-bond donors (Lipinski definition) is 2. The fourth-order valence-corrected chi connectivity index (χ4v) is 1.41. The SMILES string of the molecule is CCC[C@H](S)C[C@H](C)O. The maximum absolute atomic E-state index is 8.90. The molecule has 0 aromatic carbocycles. The Bertz CT molecular complexity index is 63.9. The van der Waals surface area contributed by atoms with Crippen LogP contribution in [0.3, 0.4) is 0 Å². The Balaban J connectivity index is 3.15. The quantitative estimate of drug-likeness (QED) is 0.583. The van der Waals surface area contributed by atoms with Gasteiger partial charge in [0.15, 0.2) is 0 Å². The van der Waals surface area contributed by atoms with Crippen molar-refractivity contribution in [3.8, 4) is 0 Å². The molecule has 0 radical (unpaired) electrons. The molecule has 2 heteroatoms. The smallest absolute Gasteiger partial charge is 0.0522 e. The molecule has 0 aliphatic heterocycles. The first-order valence-corrected chi connectivity index (χ1v) is 4.04. The molecule has 1 nitrogen and oxygen atoms in total. The molecule has 0 aliphatic rings. The minimum absolute atomic E-state index is 0.195. The molecule has 2 atom stereocenters. The predicted molar refractivity (Wildman–Crippen MR) is 44.0 cm³/mol. The Morgan fingerprint density at radius 2 is 2.11 bits per heavy atom. The number of hydrogen-bond acceptors (Lipinski definition) is 2. The van der Waals surface area contributed by atoms with E-state index in [0.717, 1.165) is 19.3 Å². The second-order valence-corrected chi connectivity index (χ2v) is 3.26. The van der Waals surface area contributed by atoms with E-state index in [1.807, 2.05) is 0 Å². The van der Waals surface area contributed by atoms with Gasteiger partial charge in [-0.15, -0.1) is 0 Å². The Hall–Kier alpha value is 0.310. The van der Waals surface area contributed by atoms with Gasteiger partial charge in [0.2, 0.25) is 0 Å². The summed E-state index contributed by atoms with van der Waals surface area (Å²) in [6.07, 6.45) is 2.88. The zero-order chi connectivity index (χ0) is 7.28. The first-order valence-electron chi connectivity index (χ1n) is 3.53. The first-order chi connectivity index (χ1) is 4.16. The minimum Gasteiger partial charge on any atom is -0.393 e. The maximum atomic E-state index is 8.90. The van der Waals surface area contributed by atoms with Gasteiger partial charge in [-0.1, -0.05) is 13.3 Å². The van der Waals surface area contributed by atoms with Crippen molar-refractivity contribution in [1.29, 1.82) is 0 Å². The lowest BCUT2D eigenvalue weighted by atomic mass is 10.1. The van der Waals surface area contributed by atoms with E-state index in [1.54, 1.807) is 6.92 Å². The maximum Gasteiger partial charge on any atom is 0.0522 e. The van der Waals surface area contributed by atoms with Crippen LogP contribution in [0.25, 0.3) is 0 Å². The second kappa shape index (κ2) is 5.12. The largest absolute Gasteiger partial charge is 0.393 e. The van der Waals surface area contributed by atoms with Crippen LogP contribution < -0.4 is 0 Å². The highest BCUT2D eigenvalue weighted by Crippen LogP contribution is 2.10. The molecule has 0 saturated heterocycles. The average molecular weight is 148 g/mol. The molecule has 0 aromatic rings. The molecule has 0 rings (SSSR count). The molecule has 0 aliphatic carbocycles. The van der Waals surface area contributed by atoms with Crippen LogP contribution in [-0.4, -0.2) is 16.5 Å². The Kier molecular flexibility index (Phi) is 5.30. The van der Waals surface area contributed by atoms with Gasteiger partial charge in [0, 0.05) is 5.25 Å². The van der Waals surface area contributed by atoms with E-state index in [9.17, 15) is 0 Å². The van der Waals surface area contributed by atoms with Gasteiger partial charge in [-0.05, 0) is 19.8 Å². The van der Waals surface area contributed by atoms with Crippen LogP contribution >= 0.6 is 12.6 Å². The molecule has 0 spiro atoms. The lowest BCUT2D eigenvalue weighted by Crippen LogP contribution is -2.09. The zero-order valence-corrected chi connectivity index (χ0v) is 7.06. The summed E-state index contributed by atoms with van der Waals surface area (Å²) in [5, 5.41) is 9.28. The number of aliphatic hydroxyl groups is 1. The highest BCUT2D eigenvalue weighted by molar-refractivity contribution is 7.80. The number of thiol groups is 1. The fraction of sp³-hybridized carbons (Fsp3) is 1.00. The van der Waals surface area contributed by atoms with Crippen molar-refractivity contribution in [2.24, 2.45) is 0 Å². The van der Waals surface area contributed by atoms with Crippen molar-refractivity contribution in [1.82, 2.24) is 0 Å². The highest BCUT2D eigenvalue weighted by atomic mass is 32.1. The first kappa shape index (κ1) is 9.31. The molecule has 0 fully saturated rings. The van der Waals surface area contributed by atoms with Crippen LogP contribution in [0, 0.1) is 0 Å². The van der Waals surface area contributed by atoms with Crippen molar-refractivity contribution in [3.63, 3.8) is 0 Å². The summed E-state index contributed by atoms with van der Waals surface area (Å²) in [5.41, 5.74) is 0. The molecular formula is C7H16OS. The fourth-order valence-electron chi connectivity index (χ4n) is 0.845. The summed E-state index contributed by atoms with van der Waals surface area (Å²) in [4.78, 5) is 0. The van der Waals surface area contributed by atoms with E-state index in [-0.39, 0.29) is 6.10 Å². The summed E-state index contributed by atoms with van der Waals surface area (Å²) in [7, 11) is 0. The van der Waals surface area contributed by atoms with Crippen LogP contribution in [0.4, 0.5) is 0 Å². The van der Waals surface area contributed by atoms with Crippen LogP contribution in [0.5, 0.6) is 0 Å². The van der Waals surface area contributed by atoms with Crippen LogP contribution in [-0.2, 0) is 0 Å². The van der Waals surface area contributed by atoms with Crippen molar-refractivity contribution in [3.05, 3.63) is 0 Å². The molecule has 9 heavy (non-hydrogen) atoms. The van der Waals surface area contributed by atoms with Crippen LogP contribution in [0.2, 0.25) is 0 Å². The summed E-state index contributed by atoms with van der Waals surface area (Å²) < 4.78 is 0. The third-order valence-corrected chi connectivity index (χ3v) is 1.70. The minimum atomic E-state index is -0.195. The number of rotatable bonds is 4. The van der Waals surface area contributed by atoms with Crippen molar-refractivity contribution in [2.75, 3.05) is 0 Å².